The van der Waals surface area contributed by atoms with E-state index in [0.717, 1.165) is 23.4 Å². The summed E-state index contributed by atoms with van der Waals surface area (Å²) < 4.78 is 30.4. The molecule has 3 aromatic heterocycles. The Morgan fingerprint density at radius 3 is 2.40 bits per heavy atom. The maximum atomic E-state index is 14.2. The molecule has 45 heavy (non-hydrogen) atoms. The summed E-state index contributed by atoms with van der Waals surface area (Å²) in [6.07, 6.45) is 3.77. The summed E-state index contributed by atoms with van der Waals surface area (Å²) in [6, 6.07) is 25.0. The van der Waals surface area contributed by atoms with Gasteiger partial charge in [0, 0.05) is 43.4 Å². The molecule has 0 radical (unpaired) electrons. The molecule has 224 valence electrons. The lowest BCUT2D eigenvalue weighted by Gasteiger charge is -2.12. The predicted octanol–water partition coefficient (Wildman–Crippen LogP) is 6.36. The summed E-state index contributed by atoms with van der Waals surface area (Å²) >= 11 is 0. The van der Waals surface area contributed by atoms with E-state index in [-0.39, 0.29) is 12.3 Å². The molecule has 2 amide bonds. The molecule has 0 atom stereocenters. The van der Waals surface area contributed by atoms with Crippen LogP contribution in [0, 0.1) is 11.6 Å². The van der Waals surface area contributed by atoms with E-state index in [1.54, 1.807) is 49.5 Å². The maximum Gasteiger partial charge on any atom is 0.261 e. The average Bonchev–Trinajstić information content (AvgIpc) is 3.41. The van der Waals surface area contributed by atoms with Crippen molar-refractivity contribution in [1.82, 2.24) is 24.3 Å². The van der Waals surface area contributed by atoms with E-state index in [0.29, 0.717) is 39.9 Å². The minimum atomic E-state index is -0.951. The van der Waals surface area contributed by atoms with E-state index in [1.165, 1.54) is 6.07 Å². The van der Waals surface area contributed by atoms with Crippen molar-refractivity contribution in [3.63, 3.8) is 0 Å². The zero-order valence-corrected chi connectivity index (χ0v) is 24.3. The van der Waals surface area contributed by atoms with E-state index < -0.39 is 23.1 Å². The third kappa shape index (κ3) is 6.23. The second-order valence-electron chi connectivity index (χ2n) is 10.4. The SMILES string of the molecule is CN(C)C(=O)Cc1cccc(Nc2nccc(-c3c(-c4cccc(NC(=O)c5c(F)cccc5F)c4)nc4ccccn34)n2)c1. The molecule has 6 rings (SSSR count). The Kier molecular flexibility index (Phi) is 7.98. The highest BCUT2D eigenvalue weighted by molar-refractivity contribution is 6.05. The van der Waals surface area contributed by atoms with Gasteiger partial charge in [0.25, 0.3) is 5.91 Å². The molecule has 11 heteroatoms. The number of nitrogens with one attached hydrogen (secondary N) is 2. The van der Waals surface area contributed by atoms with E-state index >= 15 is 0 Å². The molecule has 2 N–H and O–H groups in total. The molecular weight excluding hydrogens is 576 g/mol. The van der Waals surface area contributed by atoms with Gasteiger partial charge in [-0.1, -0.05) is 36.4 Å². The lowest BCUT2D eigenvalue weighted by atomic mass is 10.1. The van der Waals surface area contributed by atoms with Crippen LogP contribution in [-0.2, 0) is 11.2 Å². The van der Waals surface area contributed by atoms with Crippen LogP contribution in [0.15, 0.2) is 103 Å². The normalized spacial score (nSPS) is 10.9. The summed E-state index contributed by atoms with van der Waals surface area (Å²) in [5, 5.41) is 5.82. The highest BCUT2D eigenvalue weighted by Gasteiger charge is 2.20. The number of anilines is 3. The van der Waals surface area contributed by atoms with Gasteiger partial charge in [-0.3, -0.25) is 14.0 Å². The van der Waals surface area contributed by atoms with Crippen LogP contribution in [0.5, 0.6) is 0 Å². The highest BCUT2D eigenvalue weighted by Crippen LogP contribution is 2.33. The van der Waals surface area contributed by atoms with Gasteiger partial charge >= 0.3 is 0 Å². The number of aromatic nitrogens is 4. The summed E-state index contributed by atoms with van der Waals surface area (Å²) in [6.45, 7) is 0. The van der Waals surface area contributed by atoms with Crippen molar-refractivity contribution in [2.75, 3.05) is 24.7 Å². The Bertz CT molecular complexity index is 2040. The molecular formula is C34H27F2N7O2. The standard InChI is InChI=1S/C34H27F2N7O2/c1-42(2)29(44)19-21-8-5-10-23(18-21)39-34-37-16-15-27(40-34)32-31(41-28-14-3-4-17-43(28)32)22-9-6-11-24(20-22)38-33(45)30-25(35)12-7-13-26(30)36/h3-18,20H,19H2,1-2H3,(H,38,45)(H,37,39,40). The van der Waals surface area contributed by atoms with Crippen LogP contribution < -0.4 is 10.6 Å². The molecule has 3 heterocycles. The zero-order valence-electron chi connectivity index (χ0n) is 24.3. The van der Waals surface area contributed by atoms with Crippen LogP contribution in [0.2, 0.25) is 0 Å². The van der Waals surface area contributed by atoms with Crippen LogP contribution >= 0.6 is 0 Å². The van der Waals surface area contributed by atoms with Gasteiger partial charge in [-0.05, 0) is 60.2 Å². The number of carbonyl (C=O) groups excluding carboxylic acids is 2. The first kappa shape index (κ1) is 29.1. The molecule has 0 spiro atoms. The lowest BCUT2D eigenvalue weighted by Crippen LogP contribution is -2.23. The van der Waals surface area contributed by atoms with Crippen LogP contribution in [0.1, 0.15) is 15.9 Å². The number of pyridine rings is 1. The molecule has 0 fully saturated rings. The largest absolute Gasteiger partial charge is 0.349 e. The van der Waals surface area contributed by atoms with Crippen molar-refractivity contribution >= 4 is 34.8 Å². The summed E-state index contributed by atoms with van der Waals surface area (Å²) in [7, 11) is 3.44. The Morgan fingerprint density at radius 1 is 0.844 bits per heavy atom. The van der Waals surface area contributed by atoms with Gasteiger partial charge in [-0.15, -0.1) is 0 Å². The van der Waals surface area contributed by atoms with E-state index in [2.05, 4.69) is 15.6 Å². The van der Waals surface area contributed by atoms with Crippen LogP contribution in [0.25, 0.3) is 28.3 Å². The van der Waals surface area contributed by atoms with Crippen molar-refractivity contribution < 1.29 is 18.4 Å². The van der Waals surface area contributed by atoms with Gasteiger partial charge in [0.15, 0.2) is 0 Å². The van der Waals surface area contributed by atoms with Crippen molar-refractivity contribution in [2.24, 2.45) is 0 Å². The van der Waals surface area contributed by atoms with Gasteiger partial charge in [-0.25, -0.2) is 23.7 Å². The topological polar surface area (TPSA) is 105 Å². The van der Waals surface area contributed by atoms with Crippen molar-refractivity contribution in [3.8, 4) is 22.6 Å². The van der Waals surface area contributed by atoms with E-state index in [9.17, 15) is 18.4 Å². The number of amides is 2. The lowest BCUT2D eigenvalue weighted by molar-refractivity contribution is -0.127. The van der Waals surface area contributed by atoms with Crippen molar-refractivity contribution in [2.45, 2.75) is 6.42 Å². The first-order valence-electron chi connectivity index (χ1n) is 14.0. The molecule has 0 aliphatic carbocycles. The van der Waals surface area contributed by atoms with E-state index in [4.69, 9.17) is 9.97 Å². The minimum absolute atomic E-state index is 0.00596. The van der Waals surface area contributed by atoms with E-state index in [1.807, 2.05) is 59.1 Å². The fraction of sp³-hybridized carbons (Fsp3) is 0.0882. The number of rotatable bonds is 8. The van der Waals surface area contributed by atoms with Gasteiger partial charge in [0.1, 0.15) is 22.8 Å². The number of carbonyl (C=O) groups is 2. The molecule has 0 saturated carbocycles. The van der Waals surface area contributed by atoms with Crippen LogP contribution in [0.3, 0.4) is 0 Å². The number of fused-ring (bicyclic) bond motifs is 1. The number of benzene rings is 3. The zero-order chi connectivity index (χ0) is 31.5. The molecule has 0 bridgehead atoms. The number of likely N-dealkylation sites (N-methyl/N-ethyl adjacent to an activating group) is 1. The molecule has 0 aliphatic heterocycles. The Labute approximate surface area is 257 Å². The number of hydrogen-bond donors (Lipinski definition) is 2. The quantitative estimate of drug-likeness (QED) is 0.210. The van der Waals surface area contributed by atoms with Gasteiger partial charge in [-0.2, -0.15) is 0 Å². The second-order valence-corrected chi connectivity index (χ2v) is 10.4. The van der Waals surface area contributed by atoms with Crippen LogP contribution in [-0.4, -0.2) is 50.2 Å². The highest BCUT2D eigenvalue weighted by atomic mass is 19.1. The summed E-state index contributed by atoms with van der Waals surface area (Å²) in [5.74, 6) is -2.47. The molecule has 9 nitrogen and oxygen atoms in total. The smallest absolute Gasteiger partial charge is 0.261 e. The number of imidazole rings is 1. The van der Waals surface area contributed by atoms with Gasteiger partial charge in [0.2, 0.25) is 11.9 Å². The third-order valence-electron chi connectivity index (χ3n) is 7.05. The maximum absolute atomic E-state index is 14.2. The van der Waals surface area contributed by atoms with Crippen molar-refractivity contribution in [1.29, 1.82) is 0 Å². The Hall–Kier alpha value is -5.97. The molecule has 0 unspecified atom stereocenters. The average molecular weight is 604 g/mol. The number of nitrogens with zero attached hydrogens (tertiary/aromatic N) is 5. The van der Waals surface area contributed by atoms with Gasteiger partial charge < -0.3 is 15.5 Å². The fourth-order valence-electron chi connectivity index (χ4n) is 4.87. The summed E-state index contributed by atoms with van der Waals surface area (Å²) in [5.41, 5.74) is 4.38. The second kappa shape index (κ2) is 12.3. The predicted molar refractivity (Wildman–Crippen MR) is 168 cm³/mol. The fourth-order valence-corrected chi connectivity index (χ4v) is 4.87. The first-order valence-corrected chi connectivity index (χ1v) is 14.0. The number of halogens is 2. The first-order chi connectivity index (χ1) is 21.8. The number of hydrogen-bond acceptors (Lipinski definition) is 6. The molecule has 6 aromatic rings. The van der Waals surface area contributed by atoms with Crippen LogP contribution in [0.4, 0.5) is 26.1 Å². The Balaban J connectivity index is 1.34. The third-order valence-corrected chi connectivity index (χ3v) is 7.05. The Morgan fingerprint density at radius 2 is 1.60 bits per heavy atom. The molecule has 3 aromatic carbocycles. The molecule has 0 aliphatic rings. The monoisotopic (exact) mass is 603 g/mol. The van der Waals surface area contributed by atoms with Gasteiger partial charge in [0.05, 0.1) is 23.5 Å². The summed E-state index contributed by atoms with van der Waals surface area (Å²) in [4.78, 5) is 40.6. The minimum Gasteiger partial charge on any atom is -0.349 e. The van der Waals surface area contributed by atoms with Crippen molar-refractivity contribution in [3.05, 3.63) is 126 Å². The molecule has 0 saturated heterocycles.